The number of amides is 2. The predicted molar refractivity (Wildman–Crippen MR) is 145 cm³/mol. The van der Waals surface area contributed by atoms with Crippen molar-refractivity contribution in [3.63, 3.8) is 0 Å². The van der Waals surface area contributed by atoms with Crippen LogP contribution >= 0.6 is 11.3 Å². The Balaban J connectivity index is 1.47. The van der Waals surface area contributed by atoms with Crippen LogP contribution in [0.15, 0.2) is 66.9 Å². The average Bonchev–Trinajstić information content (AvgIpc) is 3.47. The number of nitrogens with one attached hydrogen (secondary N) is 1. The summed E-state index contributed by atoms with van der Waals surface area (Å²) in [7, 11) is 0. The smallest absolute Gasteiger partial charge is 0.322 e. The summed E-state index contributed by atoms with van der Waals surface area (Å²) in [6.45, 7) is 5.24. The molecule has 2 aliphatic rings. The minimum Gasteiger partial charge on any atom is -0.494 e. The highest BCUT2D eigenvalue weighted by molar-refractivity contribution is 7.15. The summed E-state index contributed by atoms with van der Waals surface area (Å²) >= 11 is 1.91. The number of thiophene rings is 1. The van der Waals surface area contributed by atoms with Crippen LogP contribution in [0.5, 0.6) is 5.75 Å². The van der Waals surface area contributed by atoms with Gasteiger partial charge in [0.05, 0.1) is 24.9 Å². The van der Waals surface area contributed by atoms with Gasteiger partial charge in [0, 0.05) is 22.3 Å². The number of anilines is 1. The second kappa shape index (κ2) is 9.51. The van der Waals surface area contributed by atoms with Crippen molar-refractivity contribution in [3.05, 3.63) is 99.7 Å². The summed E-state index contributed by atoms with van der Waals surface area (Å²) in [5.74, 6) is 0.842. The van der Waals surface area contributed by atoms with Crippen molar-refractivity contribution in [3.8, 4) is 10.8 Å². The van der Waals surface area contributed by atoms with Gasteiger partial charge in [-0.15, -0.1) is 11.3 Å². The van der Waals surface area contributed by atoms with Crippen LogP contribution in [-0.2, 0) is 19.4 Å². The van der Waals surface area contributed by atoms with Crippen LogP contribution in [0.2, 0.25) is 0 Å². The first-order valence-corrected chi connectivity index (χ1v) is 13.6. The molecule has 6 rings (SSSR count). The Morgan fingerprint density at radius 1 is 1.06 bits per heavy atom. The molecule has 2 aromatic heterocycles. The molecule has 0 spiro atoms. The number of urea groups is 1. The third-order valence-corrected chi connectivity index (χ3v) is 8.55. The Morgan fingerprint density at radius 2 is 1.89 bits per heavy atom. The van der Waals surface area contributed by atoms with E-state index >= 15 is 0 Å². The Bertz CT molecular complexity index is 1400. The number of hydrogen-bond donors (Lipinski definition) is 1. The number of ether oxygens (including phenoxy) is 1. The van der Waals surface area contributed by atoms with Gasteiger partial charge in [0.1, 0.15) is 10.8 Å². The first-order chi connectivity index (χ1) is 17.6. The maximum absolute atomic E-state index is 14.0. The lowest BCUT2D eigenvalue weighted by molar-refractivity contribution is 0.194. The molecule has 0 fully saturated rings. The molecule has 0 unspecified atom stereocenters. The fourth-order valence-electron chi connectivity index (χ4n) is 5.57. The molecular weight excluding hydrogens is 466 g/mol. The van der Waals surface area contributed by atoms with Gasteiger partial charge in [-0.1, -0.05) is 24.3 Å². The van der Waals surface area contributed by atoms with E-state index in [9.17, 15) is 4.79 Å². The summed E-state index contributed by atoms with van der Waals surface area (Å²) in [5.41, 5.74) is 6.88. The molecule has 5 nitrogen and oxygen atoms in total. The van der Waals surface area contributed by atoms with Gasteiger partial charge in [-0.2, -0.15) is 0 Å². The first-order valence-electron chi connectivity index (χ1n) is 12.8. The third-order valence-electron chi connectivity index (χ3n) is 7.22. The SMILES string of the molecule is CCOc1ccc([C@@H]2c3cccn3-c3sc4c(c3CN2C(=O)Nc2cccc(C)c2)CCCC4)cc1. The zero-order valence-electron chi connectivity index (χ0n) is 20.8. The van der Waals surface area contributed by atoms with Gasteiger partial charge in [-0.25, -0.2) is 4.79 Å². The van der Waals surface area contributed by atoms with E-state index in [1.807, 2.05) is 66.5 Å². The van der Waals surface area contributed by atoms with Crippen LogP contribution in [0.25, 0.3) is 5.00 Å². The number of nitrogens with zero attached hydrogens (tertiary/aromatic N) is 2. The second-order valence-electron chi connectivity index (χ2n) is 9.63. The number of fused-ring (bicyclic) bond motifs is 5. The Labute approximate surface area is 216 Å². The van der Waals surface area contributed by atoms with Gasteiger partial charge >= 0.3 is 6.03 Å². The van der Waals surface area contributed by atoms with Crippen molar-refractivity contribution in [2.24, 2.45) is 0 Å². The minimum atomic E-state index is -0.223. The fraction of sp³-hybridized carbons (Fsp3) is 0.300. The highest BCUT2D eigenvalue weighted by Crippen LogP contribution is 2.44. The molecule has 1 N–H and O–H groups in total. The van der Waals surface area contributed by atoms with E-state index < -0.39 is 0 Å². The molecule has 1 aliphatic heterocycles. The van der Waals surface area contributed by atoms with Crippen molar-refractivity contribution >= 4 is 23.1 Å². The lowest BCUT2D eigenvalue weighted by Gasteiger charge is -2.31. The first kappa shape index (κ1) is 22.9. The number of aryl methyl sites for hydroxylation is 2. The molecule has 1 atom stereocenters. The Morgan fingerprint density at radius 3 is 2.69 bits per heavy atom. The minimum absolute atomic E-state index is 0.0872. The van der Waals surface area contributed by atoms with E-state index in [0.29, 0.717) is 13.2 Å². The number of hydrogen-bond acceptors (Lipinski definition) is 3. The van der Waals surface area contributed by atoms with E-state index in [1.165, 1.54) is 33.8 Å². The molecule has 0 bridgehead atoms. The molecule has 2 aromatic carbocycles. The molecular formula is C30H31N3O2S. The van der Waals surface area contributed by atoms with Crippen LogP contribution < -0.4 is 10.1 Å². The van der Waals surface area contributed by atoms with Gasteiger partial charge in [-0.3, -0.25) is 0 Å². The molecule has 3 heterocycles. The van der Waals surface area contributed by atoms with Crippen molar-refractivity contribution < 1.29 is 9.53 Å². The maximum atomic E-state index is 14.0. The van der Waals surface area contributed by atoms with Gasteiger partial charge in [-0.05, 0) is 92.6 Å². The third kappa shape index (κ3) is 4.09. The lowest BCUT2D eigenvalue weighted by Crippen LogP contribution is -2.38. The van der Waals surface area contributed by atoms with Crippen molar-refractivity contribution in [2.75, 3.05) is 11.9 Å². The molecule has 0 saturated heterocycles. The van der Waals surface area contributed by atoms with Crippen LogP contribution in [0.1, 0.15) is 58.6 Å². The van der Waals surface area contributed by atoms with E-state index in [2.05, 4.69) is 40.3 Å². The summed E-state index contributed by atoms with van der Waals surface area (Å²) in [5, 5.41) is 4.46. The second-order valence-corrected chi connectivity index (χ2v) is 10.7. The highest BCUT2D eigenvalue weighted by atomic mass is 32.1. The molecule has 0 radical (unpaired) electrons. The van der Waals surface area contributed by atoms with Crippen LogP contribution in [0.4, 0.5) is 10.5 Å². The topological polar surface area (TPSA) is 46.5 Å². The zero-order valence-corrected chi connectivity index (χ0v) is 21.6. The molecule has 2 amide bonds. The molecule has 36 heavy (non-hydrogen) atoms. The predicted octanol–water partition coefficient (Wildman–Crippen LogP) is 7.26. The number of carbonyl (C=O) groups is 1. The molecule has 1 aliphatic carbocycles. The zero-order chi connectivity index (χ0) is 24.6. The number of carbonyl (C=O) groups excluding carboxylic acids is 1. The van der Waals surface area contributed by atoms with E-state index in [-0.39, 0.29) is 12.1 Å². The Hall–Kier alpha value is -3.51. The normalized spacial score (nSPS) is 16.5. The van der Waals surface area contributed by atoms with Crippen LogP contribution in [-0.4, -0.2) is 22.1 Å². The summed E-state index contributed by atoms with van der Waals surface area (Å²) in [6.07, 6.45) is 6.85. The fourth-order valence-corrected chi connectivity index (χ4v) is 6.97. The summed E-state index contributed by atoms with van der Waals surface area (Å²) in [6, 6.07) is 20.1. The van der Waals surface area contributed by atoms with Crippen molar-refractivity contribution in [1.29, 1.82) is 0 Å². The van der Waals surface area contributed by atoms with E-state index in [4.69, 9.17) is 4.74 Å². The van der Waals surface area contributed by atoms with Crippen LogP contribution in [0, 0.1) is 6.92 Å². The van der Waals surface area contributed by atoms with E-state index in [1.54, 1.807) is 0 Å². The van der Waals surface area contributed by atoms with Gasteiger partial charge in [0.25, 0.3) is 0 Å². The largest absolute Gasteiger partial charge is 0.494 e. The number of benzene rings is 2. The molecule has 4 aromatic rings. The maximum Gasteiger partial charge on any atom is 0.322 e. The number of rotatable bonds is 4. The highest BCUT2D eigenvalue weighted by Gasteiger charge is 2.36. The van der Waals surface area contributed by atoms with Gasteiger partial charge < -0.3 is 19.5 Å². The molecule has 184 valence electrons. The standard InChI is InChI=1S/C30H31N3O2S/c1-3-35-23-15-13-21(14-16-23)28-26-11-7-17-32(26)29-25(24-10-4-5-12-27(24)36-29)19-33(28)30(34)31-22-9-6-8-20(2)18-22/h6-9,11,13-18,28H,3-5,10,12,19H2,1-2H3,(H,31,34)/t28-/m1/s1. The summed E-state index contributed by atoms with van der Waals surface area (Å²) < 4.78 is 8.01. The van der Waals surface area contributed by atoms with Crippen molar-refractivity contribution in [2.45, 2.75) is 52.1 Å². The summed E-state index contributed by atoms with van der Waals surface area (Å²) in [4.78, 5) is 17.5. The Kier molecular flexibility index (Phi) is 6.05. The quantitative estimate of drug-likeness (QED) is 0.322. The average molecular weight is 498 g/mol. The van der Waals surface area contributed by atoms with E-state index in [0.717, 1.165) is 41.1 Å². The number of aromatic nitrogens is 1. The van der Waals surface area contributed by atoms with Crippen LogP contribution in [0.3, 0.4) is 0 Å². The lowest BCUT2D eigenvalue weighted by atomic mass is 9.95. The monoisotopic (exact) mass is 497 g/mol. The molecule has 0 saturated carbocycles. The van der Waals surface area contributed by atoms with Gasteiger partial charge in [0.15, 0.2) is 0 Å². The van der Waals surface area contributed by atoms with Gasteiger partial charge in [0.2, 0.25) is 0 Å². The van der Waals surface area contributed by atoms with Crippen molar-refractivity contribution in [1.82, 2.24) is 9.47 Å². The molecule has 6 heteroatoms.